The first kappa shape index (κ1) is 13.6. The minimum absolute atomic E-state index is 0.163. The summed E-state index contributed by atoms with van der Waals surface area (Å²) in [4.78, 5) is 23.7. The SMILES string of the molecule is C=C[C@@]12COC(=O)[C@@H](C)[C@@H]1[C@H]1OC(=O)[C@@H](C)[C@@H]1[C@@H](O)C2. The third-order valence-corrected chi connectivity index (χ3v) is 5.43. The smallest absolute Gasteiger partial charge is 0.309 e. The van der Waals surface area contributed by atoms with Crippen molar-refractivity contribution in [3.05, 3.63) is 12.7 Å². The van der Waals surface area contributed by atoms with Crippen molar-refractivity contribution in [3.63, 3.8) is 0 Å². The summed E-state index contributed by atoms with van der Waals surface area (Å²) in [5.41, 5.74) is -0.502. The van der Waals surface area contributed by atoms with Crippen LogP contribution in [-0.4, -0.2) is 35.9 Å². The molecule has 0 radical (unpaired) electrons. The number of rotatable bonds is 1. The van der Waals surface area contributed by atoms with Crippen molar-refractivity contribution in [2.24, 2.45) is 29.1 Å². The minimum atomic E-state index is -0.639. The second-order valence-corrected chi connectivity index (χ2v) is 6.40. The summed E-state index contributed by atoms with van der Waals surface area (Å²) in [6.45, 7) is 7.65. The standard InChI is InChI=1S/C15H20O5/c1-4-15-5-9(16)10-7(2)14(18)20-12(10)11(15)8(3)13(17)19-6-15/h4,7-12,16H,1,5-6H2,2-3H3/t7-,8-,9-,10+,11+,12-,15+/m0/s1. The fourth-order valence-electron chi connectivity index (χ4n) is 4.31. The largest absolute Gasteiger partial charge is 0.465 e. The molecule has 0 amide bonds. The van der Waals surface area contributed by atoms with E-state index < -0.39 is 17.6 Å². The van der Waals surface area contributed by atoms with Crippen LogP contribution in [0.3, 0.4) is 0 Å². The number of aliphatic hydroxyl groups is 1. The van der Waals surface area contributed by atoms with E-state index in [0.29, 0.717) is 6.42 Å². The maximum atomic E-state index is 11.9. The summed E-state index contributed by atoms with van der Waals surface area (Å²) in [5, 5.41) is 10.4. The first-order valence-corrected chi connectivity index (χ1v) is 7.10. The number of hydrogen-bond acceptors (Lipinski definition) is 5. The van der Waals surface area contributed by atoms with Crippen LogP contribution in [0.1, 0.15) is 20.3 Å². The van der Waals surface area contributed by atoms with Gasteiger partial charge in [0.2, 0.25) is 0 Å². The molecule has 0 aromatic carbocycles. The summed E-state index contributed by atoms with van der Waals surface area (Å²) in [6.07, 6.45) is 1.15. The molecule has 7 atom stereocenters. The Kier molecular flexibility index (Phi) is 2.94. The van der Waals surface area contributed by atoms with E-state index in [2.05, 4.69) is 6.58 Å². The molecule has 2 heterocycles. The molecule has 1 saturated carbocycles. The lowest BCUT2D eigenvalue weighted by Gasteiger charge is -2.52. The molecule has 20 heavy (non-hydrogen) atoms. The second kappa shape index (κ2) is 4.32. The van der Waals surface area contributed by atoms with Crippen molar-refractivity contribution in [2.45, 2.75) is 32.5 Å². The van der Waals surface area contributed by atoms with E-state index in [-0.39, 0.29) is 42.2 Å². The van der Waals surface area contributed by atoms with E-state index in [1.807, 2.05) is 0 Å². The van der Waals surface area contributed by atoms with Gasteiger partial charge in [-0.3, -0.25) is 9.59 Å². The first-order chi connectivity index (χ1) is 9.41. The van der Waals surface area contributed by atoms with Gasteiger partial charge in [0, 0.05) is 17.3 Å². The Morgan fingerprint density at radius 1 is 1.30 bits per heavy atom. The van der Waals surface area contributed by atoms with Crippen molar-refractivity contribution in [1.29, 1.82) is 0 Å². The highest BCUT2D eigenvalue weighted by molar-refractivity contribution is 5.77. The lowest BCUT2D eigenvalue weighted by atomic mass is 9.55. The summed E-state index contributed by atoms with van der Waals surface area (Å²) in [5.74, 6) is -1.65. The van der Waals surface area contributed by atoms with Gasteiger partial charge in [-0.2, -0.15) is 0 Å². The lowest BCUT2D eigenvalue weighted by Crippen LogP contribution is -2.59. The fourth-order valence-corrected chi connectivity index (χ4v) is 4.31. The zero-order valence-electron chi connectivity index (χ0n) is 11.7. The van der Waals surface area contributed by atoms with Crippen LogP contribution >= 0.6 is 0 Å². The van der Waals surface area contributed by atoms with Gasteiger partial charge >= 0.3 is 11.9 Å². The predicted octanol–water partition coefficient (Wildman–Crippen LogP) is 0.910. The molecule has 0 bridgehead atoms. The highest BCUT2D eigenvalue weighted by atomic mass is 16.6. The van der Waals surface area contributed by atoms with E-state index >= 15 is 0 Å². The Morgan fingerprint density at radius 3 is 2.65 bits per heavy atom. The molecule has 5 nitrogen and oxygen atoms in total. The van der Waals surface area contributed by atoms with Gasteiger partial charge in [0.25, 0.3) is 0 Å². The van der Waals surface area contributed by atoms with Gasteiger partial charge in [0.05, 0.1) is 17.9 Å². The number of ether oxygens (including phenoxy) is 2. The molecule has 3 fully saturated rings. The highest BCUT2D eigenvalue weighted by Gasteiger charge is 2.63. The number of hydrogen-bond donors (Lipinski definition) is 1. The predicted molar refractivity (Wildman–Crippen MR) is 69.4 cm³/mol. The normalized spacial score (nSPS) is 50.8. The number of carbonyl (C=O) groups excluding carboxylic acids is 2. The molecule has 0 aromatic rings. The number of aliphatic hydroxyl groups excluding tert-OH is 1. The van der Waals surface area contributed by atoms with Crippen LogP contribution in [0.25, 0.3) is 0 Å². The molecular formula is C15H20O5. The monoisotopic (exact) mass is 280 g/mol. The van der Waals surface area contributed by atoms with E-state index in [1.165, 1.54) is 0 Å². The molecule has 0 unspecified atom stereocenters. The minimum Gasteiger partial charge on any atom is -0.465 e. The molecule has 1 N–H and O–H groups in total. The van der Waals surface area contributed by atoms with Gasteiger partial charge in [-0.05, 0) is 6.42 Å². The highest BCUT2D eigenvalue weighted by Crippen LogP contribution is 2.55. The van der Waals surface area contributed by atoms with Gasteiger partial charge < -0.3 is 14.6 Å². The molecule has 5 heteroatoms. The molecule has 0 spiro atoms. The van der Waals surface area contributed by atoms with E-state index in [9.17, 15) is 14.7 Å². The van der Waals surface area contributed by atoms with Gasteiger partial charge in [-0.15, -0.1) is 6.58 Å². The zero-order chi connectivity index (χ0) is 14.7. The van der Waals surface area contributed by atoms with Crippen molar-refractivity contribution in [2.75, 3.05) is 6.61 Å². The van der Waals surface area contributed by atoms with Gasteiger partial charge in [-0.1, -0.05) is 19.9 Å². The van der Waals surface area contributed by atoms with E-state index in [4.69, 9.17) is 9.47 Å². The summed E-state index contributed by atoms with van der Waals surface area (Å²) in [6, 6.07) is 0. The van der Waals surface area contributed by atoms with Crippen LogP contribution in [0.2, 0.25) is 0 Å². The van der Waals surface area contributed by atoms with Gasteiger partial charge in [-0.25, -0.2) is 0 Å². The van der Waals surface area contributed by atoms with Crippen molar-refractivity contribution >= 4 is 11.9 Å². The molecular weight excluding hydrogens is 260 g/mol. The maximum absolute atomic E-state index is 11.9. The van der Waals surface area contributed by atoms with Crippen LogP contribution in [0.4, 0.5) is 0 Å². The molecule has 3 aliphatic rings. The summed E-state index contributed by atoms with van der Waals surface area (Å²) in [7, 11) is 0. The van der Waals surface area contributed by atoms with Crippen molar-refractivity contribution in [1.82, 2.24) is 0 Å². The van der Waals surface area contributed by atoms with Crippen LogP contribution in [-0.2, 0) is 19.1 Å². The molecule has 3 rings (SSSR count). The Morgan fingerprint density at radius 2 is 2.00 bits per heavy atom. The van der Waals surface area contributed by atoms with Crippen LogP contribution in [0, 0.1) is 29.1 Å². The number of cyclic esters (lactones) is 1. The van der Waals surface area contributed by atoms with Crippen molar-refractivity contribution in [3.8, 4) is 0 Å². The van der Waals surface area contributed by atoms with Gasteiger partial charge in [0.1, 0.15) is 12.7 Å². The third-order valence-electron chi connectivity index (χ3n) is 5.43. The second-order valence-electron chi connectivity index (χ2n) is 6.40. The third kappa shape index (κ3) is 1.59. The molecule has 110 valence electrons. The van der Waals surface area contributed by atoms with Crippen LogP contribution in [0.15, 0.2) is 12.7 Å². The Balaban J connectivity index is 2.05. The van der Waals surface area contributed by atoms with Crippen molar-refractivity contribution < 1.29 is 24.2 Å². The van der Waals surface area contributed by atoms with Gasteiger partial charge in [0.15, 0.2) is 0 Å². The molecule has 0 aromatic heterocycles. The average Bonchev–Trinajstić information content (AvgIpc) is 2.70. The zero-order valence-corrected chi connectivity index (χ0v) is 11.7. The number of esters is 2. The van der Waals surface area contributed by atoms with E-state index in [0.717, 1.165) is 0 Å². The maximum Gasteiger partial charge on any atom is 0.309 e. The average molecular weight is 280 g/mol. The molecule has 2 aliphatic heterocycles. The summed E-state index contributed by atoms with van der Waals surface area (Å²) >= 11 is 0. The first-order valence-electron chi connectivity index (χ1n) is 7.10. The quantitative estimate of drug-likeness (QED) is 0.571. The Bertz CT molecular complexity index is 473. The lowest BCUT2D eigenvalue weighted by molar-refractivity contribution is -0.192. The molecule has 2 saturated heterocycles. The van der Waals surface area contributed by atoms with Crippen LogP contribution < -0.4 is 0 Å². The number of carbonyl (C=O) groups is 2. The molecule has 1 aliphatic carbocycles. The fraction of sp³-hybridized carbons (Fsp3) is 0.733. The van der Waals surface area contributed by atoms with E-state index in [1.54, 1.807) is 19.9 Å². The summed E-state index contributed by atoms with van der Waals surface area (Å²) < 4.78 is 10.8. The topological polar surface area (TPSA) is 72.8 Å². The number of fused-ring (bicyclic) bond motifs is 3. The Labute approximate surface area is 117 Å². The van der Waals surface area contributed by atoms with Crippen LogP contribution in [0.5, 0.6) is 0 Å². The Hall–Kier alpha value is -1.36.